The monoisotopic (exact) mass is 135 g/mol. The topological polar surface area (TPSA) is 77.2 Å². The minimum atomic E-state index is -2.43. The summed E-state index contributed by atoms with van der Waals surface area (Å²) in [6.07, 6.45) is 0.225. The second kappa shape index (κ2) is 3.34. The second-order valence-electron chi connectivity index (χ2n) is 1.02. The summed E-state index contributed by atoms with van der Waals surface area (Å²) in [6.45, 7) is -0.223. The van der Waals surface area contributed by atoms with Gasteiger partial charge in [0.15, 0.2) is 6.29 Å². The molecular weight excluding hydrogens is 130 g/mol. The summed E-state index contributed by atoms with van der Waals surface area (Å²) < 4.78 is 19.6. The zero-order valence-corrected chi connectivity index (χ0v) is 4.81. The fourth-order valence-electron chi connectivity index (χ4n) is 0.155. The predicted octanol–water partition coefficient (Wildman–Crippen LogP) is -1.80. The van der Waals surface area contributed by atoms with Gasteiger partial charge in [0.1, 0.15) is 4.86 Å². The number of nitrogens with two attached hydrogens (primary N) is 1. The minimum Gasteiger partial charge on any atom is -0.326 e. The van der Waals surface area contributed by atoms with Crippen LogP contribution < -0.4 is 5.73 Å². The van der Waals surface area contributed by atoms with Crippen molar-refractivity contribution < 1.29 is 13.2 Å². The summed E-state index contributed by atoms with van der Waals surface area (Å²) in [4.78, 5) is 9.37. The lowest BCUT2D eigenvalue weighted by Crippen LogP contribution is -2.15. The Hall–Kier alpha value is -0.680. The van der Waals surface area contributed by atoms with Crippen LogP contribution in [0.3, 0.4) is 0 Å². The van der Waals surface area contributed by atoms with Crippen LogP contribution in [0, 0.1) is 0 Å². The first-order valence-electron chi connectivity index (χ1n) is 1.82. The Morgan fingerprint density at radius 2 is 2.12 bits per heavy atom. The zero-order valence-electron chi connectivity index (χ0n) is 3.99. The first kappa shape index (κ1) is 7.32. The van der Waals surface area contributed by atoms with Gasteiger partial charge >= 0.3 is 0 Å². The maximum Gasteiger partial charge on any atom is 0.221 e. The normalized spacial score (nSPS) is 8.12. The van der Waals surface area contributed by atoms with Gasteiger partial charge in [-0.2, -0.15) is 8.42 Å². The van der Waals surface area contributed by atoms with E-state index in [0.717, 1.165) is 0 Å². The molecule has 0 aromatic rings. The van der Waals surface area contributed by atoms with Crippen LogP contribution in [0.15, 0.2) is 0 Å². The first-order valence-corrected chi connectivity index (χ1v) is 2.90. The first-order chi connectivity index (χ1) is 3.72. The SMILES string of the molecule is NCC(C=O)=S(=O)=O. The van der Waals surface area contributed by atoms with Gasteiger partial charge in [-0.25, -0.2) is 0 Å². The van der Waals surface area contributed by atoms with Gasteiger partial charge in [0.2, 0.25) is 10.3 Å². The van der Waals surface area contributed by atoms with Gasteiger partial charge in [0, 0.05) is 6.54 Å². The summed E-state index contributed by atoms with van der Waals surface area (Å²) in [7, 11) is -2.43. The van der Waals surface area contributed by atoms with Gasteiger partial charge in [-0.05, 0) is 0 Å². The van der Waals surface area contributed by atoms with E-state index in [9.17, 15) is 13.2 Å². The van der Waals surface area contributed by atoms with Gasteiger partial charge in [-0.1, -0.05) is 0 Å². The van der Waals surface area contributed by atoms with Crippen molar-refractivity contribution in [3.8, 4) is 0 Å². The van der Waals surface area contributed by atoms with E-state index in [1.807, 2.05) is 0 Å². The highest BCUT2D eigenvalue weighted by Crippen LogP contribution is 1.57. The third-order valence-electron chi connectivity index (χ3n) is 0.547. The number of rotatable bonds is 2. The third-order valence-corrected chi connectivity index (χ3v) is 1.24. The van der Waals surface area contributed by atoms with Gasteiger partial charge in [0.05, 0.1) is 0 Å². The Balaban J connectivity index is 4.60. The highest BCUT2D eigenvalue weighted by Gasteiger charge is 1.91. The van der Waals surface area contributed by atoms with Crippen LogP contribution in [0.1, 0.15) is 0 Å². The van der Waals surface area contributed by atoms with E-state index in [4.69, 9.17) is 5.73 Å². The van der Waals surface area contributed by atoms with Crippen molar-refractivity contribution >= 4 is 21.4 Å². The van der Waals surface area contributed by atoms with Crippen molar-refractivity contribution in [3.05, 3.63) is 0 Å². The Morgan fingerprint density at radius 3 is 2.12 bits per heavy atom. The highest BCUT2D eigenvalue weighted by atomic mass is 32.2. The zero-order chi connectivity index (χ0) is 6.57. The largest absolute Gasteiger partial charge is 0.326 e. The van der Waals surface area contributed by atoms with Crippen molar-refractivity contribution in [1.82, 2.24) is 0 Å². The number of carbonyl (C=O) groups excluding carboxylic acids is 1. The average molecular weight is 135 g/mol. The molecule has 0 saturated heterocycles. The molecule has 0 rings (SSSR count). The molecule has 0 fully saturated rings. The van der Waals surface area contributed by atoms with Crippen LogP contribution >= 0.6 is 0 Å². The molecule has 0 radical (unpaired) electrons. The van der Waals surface area contributed by atoms with Crippen LogP contribution in [0.2, 0.25) is 0 Å². The Bertz CT molecular complexity index is 195. The fourth-order valence-corrected chi connectivity index (χ4v) is 0.370. The molecule has 0 bridgehead atoms. The molecule has 0 aliphatic heterocycles. The maximum absolute atomic E-state index is 9.81. The molecule has 5 heteroatoms. The molecule has 0 aliphatic carbocycles. The lowest BCUT2D eigenvalue weighted by atomic mass is 10.5. The van der Waals surface area contributed by atoms with E-state index in [1.54, 1.807) is 0 Å². The van der Waals surface area contributed by atoms with E-state index in [1.165, 1.54) is 0 Å². The maximum atomic E-state index is 9.81. The summed E-state index contributed by atoms with van der Waals surface area (Å²) >= 11 is 0. The molecule has 0 spiro atoms. The van der Waals surface area contributed by atoms with E-state index in [2.05, 4.69) is 0 Å². The van der Waals surface area contributed by atoms with Crippen LogP contribution in [0.4, 0.5) is 0 Å². The molecular formula is C3H5NO3S. The molecule has 2 N–H and O–H groups in total. The number of hydrogen-bond donors (Lipinski definition) is 1. The molecule has 46 valence electrons. The lowest BCUT2D eigenvalue weighted by Gasteiger charge is -1.77. The summed E-state index contributed by atoms with van der Waals surface area (Å²) in [5.74, 6) is 0. The summed E-state index contributed by atoms with van der Waals surface area (Å²) in [5, 5.41) is 0. The van der Waals surface area contributed by atoms with Crippen molar-refractivity contribution in [2.75, 3.05) is 6.54 Å². The summed E-state index contributed by atoms with van der Waals surface area (Å²) in [6, 6.07) is 0. The predicted molar refractivity (Wildman–Crippen MR) is 29.0 cm³/mol. The molecule has 0 unspecified atom stereocenters. The Kier molecular flexibility index (Phi) is 3.05. The second-order valence-corrected chi connectivity index (χ2v) is 2.02. The standard InChI is InChI=1S/C3H5NO3S/c4-1-3(2-5)8(6)7/h2H,1,4H2. The van der Waals surface area contributed by atoms with Gasteiger partial charge in [-0.3, -0.25) is 4.79 Å². The molecule has 0 saturated carbocycles. The fraction of sp³-hybridized carbons (Fsp3) is 0.333. The smallest absolute Gasteiger partial charge is 0.221 e. The lowest BCUT2D eigenvalue weighted by molar-refractivity contribution is -0.102. The number of hydrogen-bond acceptors (Lipinski definition) is 4. The van der Waals surface area contributed by atoms with Crippen LogP contribution in [0.25, 0.3) is 0 Å². The molecule has 4 nitrogen and oxygen atoms in total. The minimum absolute atomic E-state index is 0.223. The van der Waals surface area contributed by atoms with E-state index < -0.39 is 10.3 Å². The van der Waals surface area contributed by atoms with Crippen molar-refractivity contribution in [2.45, 2.75) is 0 Å². The molecule has 0 atom stereocenters. The Morgan fingerprint density at radius 1 is 1.62 bits per heavy atom. The van der Waals surface area contributed by atoms with Crippen LogP contribution in [-0.2, 0) is 15.1 Å². The molecule has 0 heterocycles. The van der Waals surface area contributed by atoms with Gasteiger partial charge < -0.3 is 5.73 Å². The summed E-state index contributed by atoms with van der Waals surface area (Å²) in [5.41, 5.74) is 4.82. The average Bonchev–Trinajstić information content (AvgIpc) is 1.69. The molecule has 8 heavy (non-hydrogen) atoms. The van der Waals surface area contributed by atoms with Crippen LogP contribution in [0.5, 0.6) is 0 Å². The molecule has 0 aromatic carbocycles. The number of aldehydes is 1. The Labute approximate surface area is 47.8 Å². The van der Waals surface area contributed by atoms with Crippen LogP contribution in [-0.4, -0.2) is 26.1 Å². The van der Waals surface area contributed by atoms with Gasteiger partial charge in [-0.15, -0.1) is 0 Å². The molecule has 0 amide bonds. The van der Waals surface area contributed by atoms with E-state index in [0.29, 0.717) is 0 Å². The number of carbonyl (C=O) groups is 1. The highest BCUT2D eigenvalue weighted by molar-refractivity contribution is 7.74. The van der Waals surface area contributed by atoms with Gasteiger partial charge in [0.25, 0.3) is 0 Å². The van der Waals surface area contributed by atoms with Crippen molar-refractivity contribution in [3.63, 3.8) is 0 Å². The van der Waals surface area contributed by atoms with Crippen molar-refractivity contribution in [2.24, 2.45) is 5.73 Å². The third kappa shape index (κ3) is 1.85. The van der Waals surface area contributed by atoms with E-state index >= 15 is 0 Å². The van der Waals surface area contributed by atoms with Crippen molar-refractivity contribution in [1.29, 1.82) is 0 Å². The molecule has 0 aromatic heterocycles. The quantitative estimate of drug-likeness (QED) is 0.358. The van der Waals surface area contributed by atoms with E-state index in [-0.39, 0.29) is 17.7 Å². The molecule has 0 aliphatic rings.